The smallest absolute Gasteiger partial charge is 0.229 e. The first-order chi connectivity index (χ1) is 7.84. The van der Waals surface area contributed by atoms with E-state index in [1.165, 1.54) is 5.56 Å². The molecule has 0 fully saturated rings. The highest BCUT2D eigenvalue weighted by molar-refractivity contribution is 5.73. The van der Waals surface area contributed by atoms with Gasteiger partial charge in [0, 0.05) is 0 Å². The first kappa shape index (κ1) is 9.27. The number of anilines is 1. The fourth-order valence-corrected chi connectivity index (χ4v) is 1.99. The SMILES string of the molecule is Nc1oncc1-c1ccc2c(c1)CCCO2. The highest BCUT2D eigenvalue weighted by atomic mass is 16.5. The topological polar surface area (TPSA) is 61.3 Å². The average Bonchev–Trinajstić information content (AvgIpc) is 2.75. The van der Waals surface area contributed by atoms with Crippen LogP contribution in [0, 0.1) is 0 Å². The van der Waals surface area contributed by atoms with Crippen molar-refractivity contribution in [2.75, 3.05) is 12.3 Å². The Kier molecular flexibility index (Phi) is 2.06. The van der Waals surface area contributed by atoms with Crippen LogP contribution < -0.4 is 10.5 Å². The molecule has 3 rings (SSSR count). The van der Waals surface area contributed by atoms with Crippen LogP contribution in [0.3, 0.4) is 0 Å². The molecule has 4 heteroatoms. The Bertz CT molecular complexity index is 519. The fourth-order valence-electron chi connectivity index (χ4n) is 1.99. The number of aryl methyl sites for hydroxylation is 1. The zero-order valence-electron chi connectivity index (χ0n) is 8.77. The van der Waals surface area contributed by atoms with Gasteiger partial charge in [0.15, 0.2) is 0 Å². The molecule has 2 aromatic rings. The lowest BCUT2D eigenvalue weighted by molar-refractivity contribution is 0.288. The van der Waals surface area contributed by atoms with Crippen LogP contribution in [0.15, 0.2) is 28.9 Å². The molecular formula is C12H12N2O2. The number of benzene rings is 1. The predicted molar refractivity (Wildman–Crippen MR) is 60.2 cm³/mol. The molecule has 1 aliphatic rings. The Morgan fingerprint density at radius 2 is 2.25 bits per heavy atom. The van der Waals surface area contributed by atoms with E-state index in [1.807, 2.05) is 12.1 Å². The minimum absolute atomic E-state index is 0.358. The highest BCUT2D eigenvalue weighted by Crippen LogP contribution is 2.32. The number of hydrogen-bond acceptors (Lipinski definition) is 4. The molecule has 1 aromatic heterocycles. The number of ether oxygens (including phenoxy) is 1. The summed E-state index contributed by atoms with van der Waals surface area (Å²) in [6, 6.07) is 6.06. The molecule has 0 aliphatic carbocycles. The van der Waals surface area contributed by atoms with Crippen molar-refractivity contribution in [3.63, 3.8) is 0 Å². The van der Waals surface area contributed by atoms with Crippen molar-refractivity contribution in [2.24, 2.45) is 0 Å². The number of fused-ring (bicyclic) bond motifs is 1. The van der Waals surface area contributed by atoms with Crippen molar-refractivity contribution in [3.8, 4) is 16.9 Å². The lowest BCUT2D eigenvalue weighted by Crippen LogP contribution is -2.08. The van der Waals surface area contributed by atoms with E-state index in [4.69, 9.17) is 15.0 Å². The molecule has 0 spiro atoms. The van der Waals surface area contributed by atoms with Crippen molar-refractivity contribution < 1.29 is 9.26 Å². The van der Waals surface area contributed by atoms with Crippen molar-refractivity contribution in [2.45, 2.75) is 12.8 Å². The molecule has 0 saturated carbocycles. The predicted octanol–water partition coefficient (Wildman–Crippen LogP) is 2.25. The molecule has 0 radical (unpaired) electrons. The summed E-state index contributed by atoms with van der Waals surface area (Å²) >= 11 is 0. The van der Waals surface area contributed by atoms with Crippen molar-refractivity contribution in [3.05, 3.63) is 30.0 Å². The third-order valence-corrected chi connectivity index (χ3v) is 2.82. The normalized spacial score (nSPS) is 14.2. The van der Waals surface area contributed by atoms with E-state index >= 15 is 0 Å². The van der Waals surface area contributed by atoms with Gasteiger partial charge in [-0.2, -0.15) is 0 Å². The van der Waals surface area contributed by atoms with Gasteiger partial charge in [0.25, 0.3) is 0 Å². The molecule has 0 bridgehead atoms. The van der Waals surface area contributed by atoms with Crippen LogP contribution in [-0.4, -0.2) is 11.8 Å². The van der Waals surface area contributed by atoms with Crippen LogP contribution in [0.25, 0.3) is 11.1 Å². The quantitative estimate of drug-likeness (QED) is 0.794. The molecule has 82 valence electrons. The Labute approximate surface area is 93.0 Å². The van der Waals surface area contributed by atoms with Gasteiger partial charge in [-0.1, -0.05) is 11.2 Å². The molecular weight excluding hydrogens is 204 g/mol. The zero-order chi connectivity index (χ0) is 11.0. The molecule has 2 heterocycles. The van der Waals surface area contributed by atoms with Crippen LogP contribution in [-0.2, 0) is 6.42 Å². The summed E-state index contributed by atoms with van der Waals surface area (Å²) in [5.41, 5.74) is 8.79. The summed E-state index contributed by atoms with van der Waals surface area (Å²) in [6.45, 7) is 0.807. The summed E-state index contributed by atoms with van der Waals surface area (Å²) in [5, 5.41) is 3.68. The van der Waals surface area contributed by atoms with E-state index in [1.54, 1.807) is 6.20 Å². The Hall–Kier alpha value is -1.97. The minimum Gasteiger partial charge on any atom is -0.493 e. The molecule has 0 saturated heterocycles. The number of rotatable bonds is 1. The van der Waals surface area contributed by atoms with Gasteiger partial charge in [-0.15, -0.1) is 0 Å². The van der Waals surface area contributed by atoms with E-state index < -0.39 is 0 Å². The molecule has 0 atom stereocenters. The highest BCUT2D eigenvalue weighted by Gasteiger charge is 2.13. The first-order valence-corrected chi connectivity index (χ1v) is 5.31. The van der Waals surface area contributed by atoms with Gasteiger partial charge < -0.3 is 15.0 Å². The lowest BCUT2D eigenvalue weighted by atomic mass is 10.0. The molecule has 1 aliphatic heterocycles. The van der Waals surface area contributed by atoms with E-state index in [-0.39, 0.29) is 0 Å². The molecule has 2 N–H and O–H groups in total. The third kappa shape index (κ3) is 1.43. The summed E-state index contributed by atoms with van der Waals surface area (Å²) in [6.07, 6.45) is 3.75. The monoisotopic (exact) mass is 216 g/mol. The van der Waals surface area contributed by atoms with Crippen LogP contribution in [0.1, 0.15) is 12.0 Å². The maximum atomic E-state index is 5.69. The number of nitrogen functional groups attached to an aromatic ring is 1. The third-order valence-electron chi connectivity index (χ3n) is 2.82. The van der Waals surface area contributed by atoms with Crippen molar-refractivity contribution in [1.29, 1.82) is 0 Å². The van der Waals surface area contributed by atoms with Crippen LogP contribution >= 0.6 is 0 Å². The van der Waals surface area contributed by atoms with Gasteiger partial charge >= 0.3 is 0 Å². The Balaban J connectivity index is 2.06. The minimum atomic E-state index is 0.358. The molecule has 4 nitrogen and oxygen atoms in total. The maximum absolute atomic E-state index is 5.69. The van der Waals surface area contributed by atoms with Crippen LogP contribution in [0.2, 0.25) is 0 Å². The maximum Gasteiger partial charge on any atom is 0.229 e. The van der Waals surface area contributed by atoms with Gasteiger partial charge in [-0.25, -0.2) is 0 Å². The van der Waals surface area contributed by atoms with E-state index in [0.717, 1.165) is 36.3 Å². The lowest BCUT2D eigenvalue weighted by Gasteiger charge is -2.17. The summed E-state index contributed by atoms with van der Waals surface area (Å²) in [4.78, 5) is 0. The van der Waals surface area contributed by atoms with Crippen molar-refractivity contribution >= 4 is 5.88 Å². The number of hydrogen-bond donors (Lipinski definition) is 1. The van der Waals surface area contributed by atoms with Gasteiger partial charge in [-0.3, -0.25) is 0 Å². The Morgan fingerprint density at radius 1 is 1.31 bits per heavy atom. The second kappa shape index (κ2) is 3.56. The summed E-state index contributed by atoms with van der Waals surface area (Å²) < 4.78 is 10.4. The first-order valence-electron chi connectivity index (χ1n) is 5.31. The van der Waals surface area contributed by atoms with E-state index in [0.29, 0.717) is 5.88 Å². The fraction of sp³-hybridized carbons (Fsp3) is 0.250. The van der Waals surface area contributed by atoms with Crippen LogP contribution in [0.4, 0.5) is 5.88 Å². The number of nitrogens with zero attached hydrogens (tertiary/aromatic N) is 1. The van der Waals surface area contributed by atoms with Crippen molar-refractivity contribution in [1.82, 2.24) is 5.16 Å². The molecule has 0 amide bonds. The molecule has 1 aromatic carbocycles. The zero-order valence-corrected chi connectivity index (χ0v) is 8.77. The number of nitrogens with two attached hydrogens (primary N) is 1. The Morgan fingerprint density at radius 3 is 3.06 bits per heavy atom. The largest absolute Gasteiger partial charge is 0.493 e. The van der Waals surface area contributed by atoms with Gasteiger partial charge in [0.05, 0.1) is 18.4 Å². The van der Waals surface area contributed by atoms with E-state index in [2.05, 4.69) is 11.2 Å². The second-order valence-corrected chi connectivity index (χ2v) is 3.88. The molecule has 0 unspecified atom stereocenters. The van der Waals surface area contributed by atoms with Gasteiger partial charge in [-0.05, 0) is 36.1 Å². The van der Waals surface area contributed by atoms with Gasteiger partial charge in [0.2, 0.25) is 5.88 Å². The van der Waals surface area contributed by atoms with E-state index in [9.17, 15) is 0 Å². The molecule has 16 heavy (non-hydrogen) atoms. The average molecular weight is 216 g/mol. The van der Waals surface area contributed by atoms with Crippen LogP contribution in [0.5, 0.6) is 5.75 Å². The second-order valence-electron chi connectivity index (χ2n) is 3.88. The van der Waals surface area contributed by atoms with Gasteiger partial charge in [0.1, 0.15) is 5.75 Å². The standard InChI is InChI=1S/C12H12N2O2/c13-12-10(7-14-16-12)8-3-4-11-9(6-8)2-1-5-15-11/h3-4,6-7H,1-2,5,13H2. The number of aromatic nitrogens is 1. The summed E-state index contributed by atoms with van der Waals surface area (Å²) in [5.74, 6) is 1.33. The summed E-state index contributed by atoms with van der Waals surface area (Å²) in [7, 11) is 0.